The quantitative estimate of drug-likeness (QED) is 0.878. The van der Waals surface area contributed by atoms with Crippen molar-refractivity contribution in [2.45, 2.75) is 64.1 Å². The van der Waals surface area contributed by atoms with Gasteiger partial charge in [0.25, 0.3) is 0 Å². The van der Waals surface area contributed by atoms with Crippen molar-refractivity contribution < 1.29 is 14.3 Å². The molecule has 2 N–H and O–H groups in total. The van der Waals surface area contributed by atoms with E-state index >= 15 is 0 Å². The van der Waals surface area contributed by atoms with Crippen LogP contribution in [-0.4, -0.2) is 36.2 Å². The third-order valence-electron chi connectivity index (χ3n) is 4.46. The Hall–Kier alpha value is -2.24. The Morgan fingerprint density at radius 3 is 2.64 bits per heavy atom. The molecule has 2 amide bonds. The predicted octanol–water partition coefficient (Wildman–Crippen LogP) is 3.28. The first kappa shape index (κ1) is 17.6. The number of anilines is 2. The number of nitrogens with one attached hydrogen (secondary N) is 2. The van der Waals surface area contributed by atoms with E-state index in [0.29, 0.717) is 12.5 Å². The first-order valence-corrected chi connectivity index (χ1v) is 8.97. The molecular formula is C19H27N3O3. The highest BCUT2D eigenvalue weighted by atomic mass is 16.6. The van der Waals surface area contributed by atoms with Gasteiger partial charge in [-0.1, -0.05) is 6.07 Å². The number of hydrogen-bond acceptors (Lipinski definition) is 4. The fourth-order valence-electron chi connectivity index (χ4n) is 3.25. The van der Waals surface area contributed by atoms with Crippen LogP contribution in [0, 0.1) is 0 Å². The summed E-state index contributed by atoms with van der Waals surface area (Å²) in [4.78, 5) is 25.5. The van der Waals surface area contributed by atoms with Crippen LogP contribution in [0.2, 0.25) is 0 Å². The van der Waals surface area contributed by atoms with Gasteiger partial charge in [-0.15, -0.1) is 0 Å². The van der Waals surface area contributed by atoms with Crippen LogP contribution in [0.25, 0.3) is 0 Å². The number of carbonyl (C=O) groups excluding carboxylic acids is 2. The van der Waals surface area contributed by atoms with Crippen LogP contribution in [0.1, 0.15) is 46.5 Å². The van der Waals surface area contributed by atoms with E-state index in [1.165, 1.54) is 0 Å². The van der Waals surface area contributed by atoms with E-state index in [9.17, 15) is 9.59 Å². The van der Waals surface area contributed by atoms with E-state index in [-0.39, 0.29) is 18.0 Å². The molecule has 6 nitrogen and oxygen atoms in total. The first-order chi connectivity index (χ1) is 11.8. The standard InChI is InChI=1S/C19H27N3O3/c1-19(2,3)25-18(24)21-15-10-14(11-15)20-13-6-4-7-16(12-13)22-9-5-8-17(22)23/h4,6-7,12,14-15,20H,5,8-11H2,1-3H3,(H,21,24). The molecule has 0 unspecified atom stereocenters. The molecule has 0 bridgehead atoms. The zero-order chi connectivity index (χ0) is 18.0. The van der Waals surface area contributed by atoms with Gasteiger partial charge in [0.15, 0.2) is 0 Å². The molecule has 2 aliphatic rings. The van der Waals surface area contributed by atoms with Crippen LogP contribution in [0.3, 0.4) is 0 Å². The van der Waals surface area contributed by atoms with Gasteiger partial charge in [-0.2, -0.15) is 0 Å². The lowest BCUT2D eigenvalue weighted by Crippen LogP contribution is -2.50. The Morgan fingerprint density at radius 1 is 1.24 bits per heavy atom. The summed E-state index contributed by atoms with van der Waals surface area (Å²) in [5.74, 6) is 0.197. The summed E-state index contributed by atoms with van der Waals surface area (Å²) in [6, 6.07) is 8.46. The molecule has 0 aromatic heterocycles. The molecule has 1 heterocycles. The fourth-order valence-corrected chi connectivity index (χ4v) is 3.25. The average Bonchev–Trinajstić information content (AvgIpc) is 2.89. The first-order valence-electron chi connectivity index (χ1n) is 8.97. The molecule has 2 fully saturated rings. The highest BCUT2D eigenvalue weighted by Crippen LogP contribution is 2.28. The van der Waals surface area contributed by atoms with Gasteiger partial charge in [0.05, 0.1) is 0 Å². The molecular weight excluding hydrogens is 318 g/mol. The normalized spacial score (nSPS) is 23.2. The Balaban J connectivity index is 1.47. The van der Waals surface area contributed by atoms with Crippen molar-refractivity contribution in [3.63, 3.8) is 0 Å². The summed E-state index contributed by atoms with van der Waals surface area (Å²) in [5, 5.41) is 6.38. The lowest BCUT2D eigenvalue weighted by molar-refractivity contribution is -0.117. The molecule has 1 saturated heterocycles. The average molecular weight is 345 g/mol. The van der Waals surface area contributed by atoms with E-state index in [2.05, 4.69) is 10.6 Å². The third-order valence-corrected chi connectivity index (χ3v) is 4.46. The zero-order valence-corrected chi connectivity index (χ0v) is 15.2. The molecule has 3 rings (SSSR count). The minimum atomic E-state index is -0.473. The van der Waals surface area contributed by atoms with E-state index in [1.807, 2.05) is 49.9 Å². The number of nitrogens with zero attached hydrogens (tertiary/aromatic N) is 1. The number of carbonyl (C=O) groups is 2. The van der Waals surface area contributed by atoms with Crippen LogP contribution in [-0.2, 0) is 9.53 Å². The molecule has 1 aliphatic heterocycles. The number of amides is 2. The second kappa shape index (κ2) is 6.94. The summed E-state index contributed by atoms with van der Waals surface area (Å²) < 4.78 is 5.27. The van der Waals surface area contributed by atoms with Crippen LogP contribution >= 0.6 is 0 Å². The van der Waals surface area contributed by atoms with Crippen molar-refractivity contribution in [1.29, 1.82) is 0 Å². The lowest BCUT2D eigenvalue weighted by atomic mass is 9.86. The maximum Gasteiger partial charge on any atom is 0.407 e. The van der Waals surface area contributed by atoms with Gasteiger partial charge < -0.3 is 20.3 Å². The van der Waals surface area contributed by atoms with E-state index in [4.69, 9.17) is 4.74 Å². The van der Waals surface area contributed by atoms with Gasteiger partial charge in [0.1, 0.15) is 5.60 Å². The van der Waals surface area contributed by atoms with E-state index in [1.54, 1.807) is 0 Å². The summed E-state index contributed by atoms with van der Waals surface area (Å²) in [5.41, 5.74) is 1.49. The molecule has 6 heteroatoms. The number of benzene rings is 1. The maximum atomic E-state index is 11.9. The molecule has 25 heavy (non-hydrogen) atoms. The fraction of sp³-hybridized carbons (Fsp3) is 0.579. The number of hydrogen-bond donors (Lipinski definition) is 2. The van der Waals surface area contributed by atoms with Crippen LogP contribution < -0.4 is 15.5 Å². The topological polar surface area (TPSA) is 70.7 Å². The molecule has 1 aromatic rings. The van der Waals surface area contributed by atoms with Crippen molar-refractivity contribution in [3.8, 4) is 0 Å². The van der Waals surface area contributed by atoms with Gasteiger partial charge >= 0.3 is 6.09 Å². The van der Waals surface area contributed by atoms with Gasteiger partial charge in [-0.3, -0.25) is 4.79 Å². The third kappa shape index (κ3) is 4.65. The highest BCUT2D eigenvalue weighted by Gasteiger charge is 2.31. The van der Waals surface area contributed by atoms with Crippen molar-refractivity contribution in [3.05, 3.63) is 24.3 Å². The Kier molecular flexibility index (Phi) is 4.88. The Morgan fingerprint density at radius 2 is 2.00 bits per heavy atom. The minimum Gasteiger partial charge on any atom is -0.444 e. The van der Waals surface area contributed by atoms with Crippen molar-refractivity contribution in [1.82, 2.24) is 5.32 Å². The van der Waals surface area contributed by atoms with Gasteiger partial charge in [-0.05, 0) is 58.2 Å². The monoisotopic (exact) mass is 345 g/mol. The van der Waals surface area contributed by atoms with Crippen molar-refractivity contribution >= 4 is 23.4 Å². The Bertz CT molecular complexity index is 648. The maximum absolute atomic E-state index is 11.9. The second-order valence-corrected chi connectivity index (χ2v) is 7.86. The lowest BCUT2D eigenvalue weighted by Gasteiger charge is -2.37. The minimum absolute atomic E-state index is 0.149. The largest absolute Gasteiger partial charge is 0.444 e. The number of alkyl carbamates (subject to hydrolysis) is 1. The SMILES string of the molecule is CC(C)(C)OC(=O)NC1CC(Nc2cccc(N3CCCC3=O)c2)C1. The van der Waals surface area contributed by atoms with Gasteiger partial charge in [0, 0.05) is 36.4 Å². The molecule has 136 valence electrons. The van der Waals surface area contributed by atoms with Crippen LogP contribution in [0.15, 0.2) is 24.3 Å². The highest BCUT2D eigenvalue weighted by molar-refractivity contribution is 5.95. The predicted molar refractivity (Wildman–Crippen MR) is 97.8 cm³/mol. The van der Waals surface area contributed by atoms with Gasteiger partial charge in [0.2, 0.25) is 5.91 Å². The number of ether oxygens (including phenoxy) is 1. The van der Waals surface area contributed by atoms with Gasteiger partial charge in [-0.25, -0.2) is 4.79 Å². The van der Waals surface area contributed by atoms with Crippen LogP contribution in [0.4, 0.5) is 16.2 Å². The van der Waals surface area contributed by atoms with Crippen molar-refractivity contribution in [2.75, 3.05) is 16.8 Å². The smallest absolute Gasteiger partial charge is 0.407 e. The molecule has 1 saturated carbocycles. The zero-order valence-electron chi connectivity index (χ0n) is 15.2. The van der Waals surface area contributed by atoms with Crippen LogP contribution in [0.5, 0.6) is 0 Å². The summed E-state index contributed by atoms with van der Waals surface area (Å²) in [6.45, 7) is 6.37. The second-order valence-electron chi connectivity index (χ2n) is 7.86. The summed E-state index contributed by atoms with van der Waals surface area (Å²) >= 11 is 0. The molecule has 1 aliphatic carbocycles. The Labute approximate surface area is 148 Å². The molecule has 0 spiro atoms. The number of rotatable bonds is 4. The van der Waals surface area contributed by atoms with E-state index < -0.39 is 5.60 Å². The van der Waals surface area contributed by atoms with Crippen molar-refractivity contribution in [2.24, 2.45) is 0 Å². The molecule has 0 radical (unpaired) electrons. The van der Waals surface area contributed by atoms with E-state index in [0.717, 1.165) is 37.2 Å². The molecule has 1 aromatic carbocycles. The molecule has 0 atom stereocenters. The summed E-state index contributed by atoms with van der Waals surface area (Å²) in [6.07, 6.45) is 2.94. The summed E-state index contributed by atoms with van der Waals surface area (Å²) in [7, 11) is 0.